The number of methoxy groups -OCH3 is 1. The minimum Gasteiger partial charge on any atom is -0.382 e. The summed E-state index contributed by atoms with van der Waals surface area (Å²) in [6.45, 7) is 4.52. The van der Waals surface area contributed by atoms with Crippen LogP contribution in [-0.4, -0.2) is 38.3 Å². The van der Waals surface area contributed by atoms with Crippen molar-refractivity contribution in [2.24, 2.45) is 0 Å². The molecule has 1 saturated heterocycles. The lowest BCUT2D eigenvalue weighted by Crippen LogP contribution is -2.47. The van der Waals surface area contributed by atoms with Gasteiger partial charge in [0.05, 0.1) is 25.4 Å². The first-order valence-corrected chi connectivity index (χ1v) is 7.36. The van der Waals surface area contributed by atoms with Gasteiger partial charge in [-0.3, -0.25) is 4.79 Å². The molecule has 0 radical (unpaired) electrons. The predicted octanol–water partition coefficient (Wildman–Crippen LogP) is 1.93. The Morgan fingerprint density at radius 2 is 2.29 bits per heavy atom. The van der Waals surface area contributed by atoms with Crippen LogP contribution in [0.3, 0.4) is 0 Å². The highest BCUT2D eigenvalue weighted by atomic mass is 16.5. The lowest BCUT2D eigenvalue weighted by molar-refractivity contribution is -0.121. The van der Waals surface area contributed by atoms with Gasteiger partial charge in [-0.25, -0.2) is 0 Å². The number of carbonyl (C=O) groups excluding carboxylic acids is 1. The number of hydrogen-bond donors (Lipinski definition) is 2. The number of rotatable bonds is 7. The second-order valence-electron chi connectivity index (χ2n) is 5.56. The van der Waals surface area contributed by atoms with Crippen LogP contribution in [0.2, 0.25) is 0 Å². The zero-order valence-electron chi connectivity index (χ0n) is 12.8. The van der Waals surface area contributed by atoms with Gasteiger partial charge in [-0.1, -0.05) is 12.1 Å². The Labute approximate surface area is 126 Å². The fourth-order valence-corrected chi connectivity index (χ4v) is 2.43. The number of amides is 1. The molecule has 0 aromatic heterocycles. The Morgan fingerprint density at radius 3 is 3.00 bits per heavy atom. The summed E-state index contributed by atoms with van der Waals surface area (Å²) < 4.78 is 10.4. The Kier molecular flexibility index (Phi) is 5.73. The molecular formula is C16H24N2O3. The maximum Gasteiger partial charge on any atom is 0.244 e. The van der Waals surface area contributed by atoms with Crippen molar-refractivity contribution < 1.29 is 14.3 Å². The van der Waals surface area contributed by atoms with E-state index < -0.39 is 5.54 Å². The molecule has 0 spiro atoms. The van der Waals surface area contributed by atoms with Gasteiger partial charge in [0, 0.05) is 12.8 Å². The number of hydrogen-bond acceptors (Lipinski definition) is 4. The van der Waals surface area contributed by atoms with E-state index in [1.165, 1.54) is 0 Å². The van der Waals surface area contributed by atoms with E-state index in [9.17, 15) is 4.79 Å². The normalized spacial score (nSPS) is 21.4. The molecule has 1 unspecified atom stereocenters. The fourth-order valence-electron chi connectivity index (χ4n) is 2.43. The zero-order chi connectivity index (χ0) is 15.1. The molecular weight excluding hydrogens is 268 g/mol. The molecule has 0 saturated carbocycles. The maximum atomic E-state index is 12.3. The van der Waals surface area contributed by atoms with Crippen molar-refractivity contribution in [3.63, 3.8) is 0 Å². The minimum atomic E-state index is -0.453. The van der Waals surface area contributed by atoms with Gasteiger partial charge in [-0.15, -0.1) is 0 Å². The van der Waals surface area contributed by atoms with E-state index in [1.54, 1.807) is 7.11 Å². The predicted molar refractivity (Wildman–Crippen MR) is 82.2 cm³/mol. The molecule has 2 N–H and O–H groups in total. The lowest BCUT2D eigenvalue weighted by Gasteiger charge is -2.23. The molecule has 2 rings (SSSR count). The van der Waals surface area contributed by atoms with E-state index in [1.807, 2.05) is 31.2 Å². The summed E-state index contributed by atoms with van der Waals surface area (Å²) in [5.41, 5.74) is 1.39. The van der Waals surface area contributed by atoms with E-state index in [-0.39, 0.29) is 5.91 Å². The first kappa shape index (κ1) is 15.9. The van der Waals surface area contributed by atoms with Crippen LogP contribution in [0.25, 0.3) is 0 Å². The van der Waals surface area contributed by atoms with Crippen LogP contribution in [0.4, 0.5) is 5.69 Å². The molecule has 5 nitrogen and oxygen atoms in total. The summed E-state index contributed by atoms with van der Waals surface area (Å²) in [6.07, 6.45) is 1.91. The van der Waals surface area contributed by atoms with Gasteiger partial charge in [0.1, 0.15) is 0 Å². The highest BCUT2D eigenvalue weighted by molar-refractivity contribution is 5.98. The second kappa shape index (κ2) is 7.54. The number of nitrogens with one attached hydrogen (secondary N) is 2. The Balaban J connectivity index is 1.90. The summed E-state index contributed by atoms with van der Waals surface area (Å²) in [6, 6.07) is 7.75. The average Bonchev–Trinajstić information content (AvgIpc) is 2.92. The topological polar surface area (TPSA) is 59.6 Å². The SMILES string of the molecule is COCCOCc1cccc(NC(=O)C2(C)CCCN2)c1. The third kappa shape index (κ3) is 4.52. The van der Waals surface area contributed by atoms with Crippen molar-refractivity contribution in [2.75, 3.05) is 32.2 Å². The van der Waals surface area contributed by atoms with Crippen LogP contribution in [0.15, 0.2) is 24.3 Å². The third-order valence-electron chi connectivity index (χ3n) is 3.76. The van der Waals surface area contributed by atoms with E-state index in [4.69, 9.17) is 9.47 Å². The van der Waals surface area contributed by atoms with Crippen LogP contribution in [0, 0.1) is 0 Å². The van der Waals surface area contributed by atoms with Crippen molar-refractivity contribution in [3.8, 4) is 0 Å². The van der Waals surface area contributed by atoms with Gasteiger partial charge in [0.15, 0.2) is 0 Å². The molecule has 0 aliphatic carbocycles. The average molecular weight is 292 g/mol. The molecule has 1 fully saturated rings. The van der Waals surface area contributed by atoms with Crippen molar-refractivity contribution in [1.82, 2.24) is 5.32 Å². The quantitative estimate of drug-likeness (QED) is 0.754. The highest BCUT2D eigenvalue weighted by Gasteiger charge is 2.35. The van der Waals surface area contributed by atoms with Crippen LogP contribution < -0.4 is 10.6 Å². The molecule has 1 aliphatic rings. The van der Waals surface area contributed by atoms with E-state index >= 15 is 0 Å². The van der Waals surface area contributed by atoms with E-state index in [2.05, 4.69) is 10.6 Å². The zero-order valence-corrected chi connectivity index (χ0v) is 12.8. The molecule has 5 heteroatoms. The lowest BCUT2D eigenvalue weighted by atomic mass is 9.99. The summed E-state index contributed by atoms with van der Waals surface area (Å²) in [5, 5.41) is 6.25. The molecule has 21 heavy (non-hydrogen) atoms. The van der Waals surface area contributed by atoms with E-state index in [0.29, 0.717) is 19.8 Å². The van der Waals surface area contributed by atoms with Gasteiger partial charge in [-0.2, -0.15) is 0 Å². The third-order valence-corrected chi connectivity index (χ3v) is 3.76. The standard InChI is InChI=1S/C16H24N2O3/c1-16(7-4-8-17-16)15(19)18-14-6-3-5-13(11-14)12-21-10-9-20-2/h3,5-6,11,17H,4,7-10,12H2,1-2H3,(H,18,19). The summed E-state index contributed by atoms with van der Waals surface area (Å²) >= 11 is 0. The van der Waals surface area contributed by atoms with Crippen LogP contribution in [0.5, 0.6) is 0 Å². The van der Waals surface area contributed by atoms with Crippen LogP contribution >= 0.6 is 0 Å². The molecule has 0 bridgehead atoms. The smallest absolute Gasteiger partial charge is 0.244 e. The second-order valence-corrected chi connectivity index (χ2v) is 5.56. The Bertz CT molecular complexity index is 470. The van der Waals surface area contributed by atoms with Gasteiger partial charge >= 0.3 is 0 Å². The molecule has 1 heterocycles. The number of anilines is 1. The first-order chi connectivity index (χ1) is 10.1. The molecule has 1 atom stereocenters. The van der Waals surface area contributed by atoms with Gasteiger partial charge in [0.25, 0.3) is 0 Å². The highest BCUT2D eigenvalue weighted by Crippen LogP contribution is 2.21. The van der Waals surface area contributed by atoms with Gasteiger partial charge in [-0.05, 0) is 44.0 Å². The largest absolute Gasteiger partial charge is 0.382 e. The fraction of sp³-hybridized carbons (Fsp3) is 0.562. The van der Waals surface area contributed by atoms with Gasteiger partial charge < -0.3 is 20.1 Å². The van der Waals surface area contributed by atoms with Crippen molar-refractivity contribution >= 4 is 11.6 Å². The van der Waals surface area contributed by atoms with E-state index in [0.717, 1.165) is 30.6 Å². The van der Waals surface area contributed by atoms with Crippen LogP contribution in [0.1, 0.15) is 25.3 Å². The number of ether oxygens (including phenoxy) is 2. The van der Waals surface area contributed by atoms with Crippen molar-refractivity contribution in [3.05, 3.63) is 29.8 Å². The molecule has 1 aromatic carbocycles. The Morgan fingerprint density at radius 1 is 1.43 bits per heavy atom. The molecule has 116 valence electrons. The maximum absolute atomic E-state index is 12.3. The van der Waals surface area contributed by atoms with Gasteiger partial charge in [0.2, 0.25) is 5.91 Å². The summed E-state index contributed by atoms with van der Waals surface area (Å²) in [7, 11) is 1.65. The van der Waals surface area contributed by atoms with Crippen molar-refractivity contribution in [1.29, 1.82) is 0 Å². The summed E-state index contributed by atoms with van der Waals surface area (Å²) in [5.74, 6) is 0.0254. The molecule has 1 aromatic rings. The number of benzene rings is 1. The van der Waals surface area contributed by atoms with Crippen LogP contribution in [-0.2, 0) is 20.9 Å². The molecule has 1 amide bonds. The monoisotopic (exact) mass is 292 g/mol. The number of carbonyl (C=O) groups is 1. The minimum absolute atomic E-state index is 0.0254. The first-order valence-electron chi connectivity index (χ1n) is 7.36. The Hall–Kier alpha value is -1.43. The van der Waals surface area contributed by atoms with Crippen molar-refractivity contribution in [2.45, 2.75) is 31.9 Å². The molecule has 1 aliphatic heterocycles. The summed E-state index contributed by atoms with van der Waals surface area (Å²) in [4.78, 5) is 12.3.